The maximum Gasteiger partial charge on any atom is 0.156 e. The van der Waals surface area contributed by atoms with E-state index in [0.717, 1.165) is 6.42 Å². The van der Waals surface area contributed by atoms with Gasteiger partial charge in [-0.2, -0.15) is 0 Å². The van der Waals surface area contributed by atoms with E-state index in [2.05, 4.69) is 9.97 Å². The van der Waals surface area contributed by atoms with Crippen LogP contribution in [-0.4, -0.2) is 21.5 Å². The minimum atomic E-state index is -0.0435. The number of H-pyrrole nitrogens is 1. The number of Topliss-reactive ketones (excluding diaryl/α,β-unsaturated/α-hetero) is 1. The molecule has 0 saturated heterocycles. The minimum absolute atomic E-state index is 0.0435. The molecule has 0 bridgehead atoms. The fourth-order valence-electron chi connectivity index (χ4n) is 1.34. The van der Waals surface area contributed by atoms with Gasteiger partial charge < -0.3 is 4.98 Å². The van der Waals surface area contributed by atoms with Crippen molar-refractivity contribution in [2.24, 2.45) is 5.92 Å². The average molecular weight is 234 g/mol. The van der Waals surface area contributed by atoms with Crippen LogP contribution < -0.4 is 0 Å². The summed E-state index contributed by atoms with van der Waals surface area (Å²) >= 11 is 0. The topological polar surface area (TPSA) is 62.8 Å². The van der Waals surface area contributed by atoms with Crippen molar-refractivity contribution in [2.75, 3.05) is 0 Å². The van der Waals surface area contributed by atoms with Gasteiger partial charge in [0, 0.05) is 31.2 Å². The molecule has 1 aromatic heterocycles. The first-order valence-corrected chi connectivity index (χ1v) is 5.86. The second-order valence-electron chi connectivity index (χ2n) is 4.05. The predicted molar refractivity (Wildman–Crippen MR) is 66.3 cm³/mol. The molecule has 0 radical (unpaired) electrons. The normalized spacial score (nSPS) is 12.8. The van der Waals surface area contributed by atoms with E-state index < -0.39 is 0 Å². The van der Waals surface area contributed by atoms with Gasteiger partial charge in [-0.1, -0.05) is 13.8 Å². The van der Waals surface area contributed by atoms with Gasteiger partial charge in [0.2, 0.25) is 0 Å². The Morgan fingerprint density at radius 1 is 1.47 bits per heavy atom. The molecule has 0 saturated carbocycles. The first-order valence-electron chi connectivity index (χ1n) is 5.86. The Morgan fingerprint density at radius 2 is 2.24 bits per heavy atom. The molecule has 0 aromatic carbocycles. The lowest BCUT2D eigenvalue weighted by Crippen LogP contribution is -2.11. The number of rotatable bonds is 7. The number of nitrogens with one attached hydrogen (secondary N) is 1. The summed E-state index contributed by atoms with van der Waals surface area (Å²) in [6.45, 7) is 3.87. The number of ketones is 2. The highest BCUT2D eigenvalue weighted by Crippen LogP contribution is 2.07. The van der Waals surface area contributed by atoms with Crippen molar-refractivity contribution in [3.63, 3.8) is 0 Å². The van der Waals surface area contributed by atoms with Crippen LogP contribution in [0.4, 0.5) is 0 Å². The van der Waals surface area contributed by atoms with Gasteiger partial charge in [0.05, 0.1) is 0 Å². The Hall–Kier alpha value is -1.71. The third-order valence-corrected chi connectivity index (χ3v) is 2.73. The zero-order chi connectivity index (χ0) is 12.7. The smallest absolute Gasteiger partial charge is 0.156 e. The number of carbonyl (C=O) groups excluding carboxylic acids is 2. The van der Waals surface area contributed by atoms with Crippen LogP contribution in [0, 0.1) is 5.92 Å². The number of allylic oxidation sites excluding steroid dienone is 1. The van der Waals surface area contributed by atoms with Crippen LogP contribution in [0.3, 0.4) is 0 Å². The number of hydrogen-bond acceptors (Lipinski definition) is 3. The van der Waals surface area contributed by atoms with Gasteiger partial charge in [0.15, 0.2) is 5.78 Å². The van der Waals surface area contributed by atoms with E-state index in [1.165, 1.54) is 6.08 Å². The fourth-order valence-corrected chi connectivity index (χ4v) is 1.34. The van der Waals surface area contributed by atoms with Crippen LogP contribution in [0.25, 0.3) is 6.08 Å². The summed E-state index contributed by atoms with van der Waals surface area (Å²) in [6.07, 6.45) is 7.83. The van der Waals surface area contributed by atoms with Crippen LogP contribution in [0.5, 0.6) is 0 Å². The Bertz CT molecular complexity index is 394. The first-order chi connectivity index (χ1) is 8.13. The average Bonchev–Trinajstić information content (AvgIpc) is 2.85. The van der Waals surface area contributed by atoms with Gasteiger partial charge in [0.1, 0.15) is 11.6 Å². The van der Waals surface area contributed by atoms with Crippen molar-refractivity contribution in [1.82, 2.24) is 9.97 Å². The van der Waals surface area contributed by atoms with Crippen LogP contribution in [0.2, 0.25) is 0 Å². The maximum atomic E-state index is 11.5. The highest BCUT2D eigenvalue weighted by atomic mass is 16.1. The van der Waals surface area contributed by atoms with Gasteiger partial charge in [-0.25, -0.2) is 4.98 Å². The highest BCUT2D eigenvalue weighted by Gasteiger charge is 2.11. The molecule has 4 nitrogen and oxygen atoms in total. The number of imidazole rings is 1. The zero-order valence-electron chi connectivity index (χ0n) is 10.3. The molecule has 17 heavy (non-hydrogen) atoms. The van der Waals surface area contributed by atoms with Crippen LogP contribution in [0.1, 0.15) is 38.9 Å². The Kier molecular flexibility index (Phi) is 5.33. The summed E-state index contributed by atoms with van der Waals surface area (Å²) < 4.78 is 0. The van der Waals surface area contributed by atoms with E-state index in [4.69, 9.17) is 0 Å². The molecule has 0 aliphatic carbocycles. The van der Waals surface area contributed by atoms with Crippen molar-refractivity contribution in [1.29, 1.82) is 0 Å². The molecule has 1 unspecified atom stereocenters. The number of nitrogens with zero attached hydrogens (tertiary/aromatic N) is 1. The minimum Gasteiger partial charge on any atom is -0.345 e. The summed E-state index contributed by atoms with van der Waals surface area (Å²) in [7, 11) is 0. The quantitative estimate of drug-likeness (QED) is 0.737. The highest BCUT2D eigenvalue weighted by molar-refractivity contribution is 5.95. The largest absolute Gasteiger partial charge is 0.345 e. The molecule has 0 aliphatic heterocycles. The van der Waals surface area contributed by atoms with Crippen LogP contribution in [-0.2, 0) is 9.59 Å². The molecule has 0 fully saturated rings. The molecule has 1 atom stereocenters. The molecule has 92 valence electrons. The lowest BCUT2D eigenvalue weighted by Gasteiger charge is -2.05. The van der Waals surface area contributed by atoms with Gasteiger partial charge in [-0.15, -0.1) is 0 Å². The zero-order valence-corrected chi connectivity index (χ0v) is 10.3. The fraction of sp³-hybridized carbons (Fsp3) is 0.462. The van der Waals surface area contributed by atoms with E-state index >= 15 is 0 Å². The molecule has 4 heteroatoms. The summed E-state index contributed by atoms with van der Waals surface area (Å²) in [6, 6.07) is 0. The summed E-state index contributed by atoms with van der Waals surface area (Å²) in [5.41, 5.74) is 0. The van der Waals surface area contributed by atoms with Gasteiger partial charge >= 0.3 is 0 Å². The van der Waals surface area contributed by atoms with Gasteiger partial charge in [0.25, 0.3) is 0 Å². The van der Waals surface area contributed by atoms with Crippen molar-refractivity contribution in [3.8, 4) is 0 Å². The predicted octanol–water partition coefficient (Wildman–Crippen LogP) is 2.39. The van der Waals surface area contributed by atoms with Crippen molar-refractivity contribution in [3.05, 3.63) is 24.3 Å². The number of hydrogen-bond donors (Lipinski definition) is 1. The van der Waals surface area contributed by atoms with E-state index in [1.54, 1.807) is 18.5 Å². The number of carbonyl (C=O) groups is 2. The monoisotopic (exact) mass is 234 g/mol. The maximum absolute atomic E-state index is 11.5. The van der Waals surface area contributed by atoms with E-state index in [0.29, 0.717) is 12.2 Å². The molecule has 0 aliphatic rings. The van der Waals surface area contributed by atoms with E-state index in [9.17, 15) is 9.59 Å². The first kappa shape index (κ1) is 13.4. The molecule has 1 heterocycles. The summed E-state index contributed by atoms with van der Waals surface area (Å²) in [4.78, 5) is 29.8. The SMILES string of the molecule is CCC(C)C(=O)CCC(=O)/C=C/c1ncc[nH]1. The summed E-state index contributed by atoms with van der Waals surface area (Å²) in [5.74, 6) is 0.814. The second kappa shape index (κ2) is 6.78. The Morgan fingerprint density at radius 3 is 2.82 bits per heavy atom. The molecule has 0 amide bonds. The van der Waals surface area contributed by atoms with Gasteiger partial charge in [-0.3, -0.25) is 9.59 Å². The third kappa shape index (κ3) is 4.76. The molecular weight excluding hydrogens is 216 g/mol. The standard InChI is InChI=1S/C13H18N2O2/c1-3-10(2)12(17)6-4-11(16)5-7-13-14-8-9-15-13/h5,7-10H,3-4,6H2,1-2H3,(H,14,15)/b7-5+. The van der Waals surface area contributed by atoms with Crippen molar-refractivity contribution >= 4 is 17.6 Å². The number of aromatic nitrogens is 2. The van der Waals surface area contributed by atoms with Crippen LogP contribution >= 0.6 is 0 Å². The van der Waals surface area contributed by atoms with Crippen molar-refractivity contribution in [2.45, 2.75) is 33.1 Å². The summed E-state index contributed by atoms with van der Waals surface area (Å²) in [5, 5.41) is 0. The molecular formula is C13H18N2O2. The number of aromatic amines is 1. The van der Waals surface area contributed by atoms with Crippen molar-refractivity contribution < 1.29 is 9.59 Å². The van der Waals surface area contributed by atoms with Crippen LogP contribution in [0.15, 0.2) is 18.5 Å². The molecule has 1 N–H and O–H groups in total. The lowest BCUT2D eigenvalue weighted by atomic mass is 9.99. The van der Waals surface area contributed by atoms with Gasteiger partial charge in [-0.05, 0) is 18.6 Å². The van der Waals surface area contributed by atoms with E-state index in [1.807, 2.05) is 13.8 Å². The third-order valence-electron chi connectivity index (χ3n) is 2.73. The Labute approximate surface area is 101 Å². The molecule has 1 rings (SSSR count). The Balaban J connectivity index is 2.33. The molecule has 0 spiro atoms. The second-order valence-corrected chi connectivity index (χ2v) is 4.05. The molecule has 1 aromatic rings. The lowest BCUT2D eigenvalue weighted by molar-refractivity contribution is -0.124. The van der Waals surface area contributed by atoms with E-state index in [-0.39, 0.29) is 23.9 Å².